The second-order valence-electron chi connectivity index (χ2n) is 4.33. The molecule has 2 rings (SSSR count). The van der Waals surface area contributed by atoms with Crippen LogP contribution >= 0.6 is 23.2 Å². The van der Waals surface area contributed by atoms with Crippen LogP contribution in [0.3, 0.4) is 0 Å². The topological polar surface area (TPSA) is 89.3 Å². The zero-order valence-corrected chi connectivity index (χ0v) is 13.5. The molecule has 9 heteroatoms. The highest BCUT2D eigenvalue weighted by molar-refractivity contribution is 6.35. The fourth-order valence-electron chi connectivity index (χ4n) is 1.49. The van der Waals surface area contributed by atoms with Gasteiger partial charge in [0.25, 0.3) is 0 Å². The summed E-state index contributed by atoms with van der Waals surface area (Å²) in [6.45, 7) is 4.01. The van der Waals surface area contributed by atoms with Gasteiger partial charge in [-0.25, -0.2) is 9.78 Å². The number of amides is 2. The van der Waals surface area contributed by atoms with E-state index in [1.54, 1.807) is 13.8 Å². The Bertz CT molecular complexity index is 656. The van der Waals surface area contributed by atoms with E-state index >= 15 is 0 Å². The summed E-state index contributed by atoms with van der Waals surface area (Å²) in [4.78, 5) is 19.6. The molecule has 0 spiro atoms. The van der Waals surface area contributed by atoms with Crippen LogP contribution < -0.4 is 15.4 Å². The van der Waals surface area contributed by atoms with Gasteiger partial charge in [-0.2, -0.15) is 4.98 Å². The molecule has 0 aliphatic heterocycles. The number of nitrogens with zero attached hydrogens (tertiary/aromatic N) is 2. The summed E-state index contributed by atoms with van der Waals surface area (Å²) in [6, 6.07) is 1.23. The molecule has 0 saturated heterocycles. The molecule has 0 atom stereocenters. The number of halogens is 2. The van der Waals surface area contributed by atoms with Crippen LogP contribution in [-0.4, -0.2) is 29.2 Å². The van der Waals surface area contributed by atoms with Gasteiger partial charge in [-0.15, -0.1) is 0 Å². The quantitative estimate of drug-likeness (QED) is 0.813. The first kappa shape index (κ1) is 16.4. The highest BCUT2D eigenvalue weighted by atomic mass is 35.5. The second-order valence-corrected chi connectivity index (χ2v) is 5.17. The molecule has 2 aromatic heterocycles. The number of carbonyl (C=O) groups is 1. The number of aryl methyl sites for hydroxylation is 2. The van der Waals surface area contributed by atoms with Gasteiger partial charge in [0, 0.05) is 6.20 Å². The second kappa shape index (κ2) is 7.33. The van der Waals surface area contributed by atoms with Crippen LogP contribution in [0.25, 0.3) is 0 Å². The fraction of sp³-hybridized carbons (Fsp3) is 0.308. The van der Waals surface area contributed by atoms with E-state index in [2.05, 4.69) is 20.6 Å². The van der Waals surface area contributed by atoms with E-state index in [1.807, 2.05) is 0 Å². The molecular weight excluding hydrogens is 331 g/mol. The molecule has 0 aliphatic rings. The van der Waals surface area contributed by atoms with Crippen molar-refractivity contribution in [1.29, 1.82) is 0 Å². The summed E-state index contributed by atoms with van der Waals surface area (Å²) >= 11 is 11.6. The lowest BCUT2D eigenvalue weighted by Crippen LogP contribution is -2.32. The van der Waals surface area contributed by atoms with Crippen LogP contribution in [0.15, 0.2) is 16.7 Å². The third-order valence-corrected chi connectivity index (χ3v) is 3.13. The molecular formula is C13H14Cl2N4O3. The van der Waals surface area contributed by atoms with Crippen LogP contribution in [-0.2, 0) is 0 Å². The average molecular weight is 345 g/mol. The number of anilines is 1. The molecule has 118 valence electrons. The van der Waals surface area contributed by atoms with Gasteiger partial charge in [-0.05, 0) is 19.9 Å². The van der Waals surface area contributed by atoms with Gasteiger partial charge >= 0.3 is 12.0 Å². The molecule has 0 saturated carbocycles. The molecule has 2 amide bonds. The Morgan fingerprint density at radius 2 is 2.18 bits per heavy atom. The van der Waals surface area contributed by atoms with Gasteiger partial charge in [0.2, 0.25) is 5.88 Å². The summed E-state index contributed by atoms with van der Waals surface area (Å²) in [5.74, 6) is 0.911. The van der Waals surface area contributed by atoms with E-state index in [4.69, 9.17) is 32.4 Å². The SMILES string of the molecule is Cc1nc(NC(=O)NCCOc2ncc(Cl)cc2Cl)oc1C. The Morgan fingerprint density at radius 3 is 2.82 bits per heavy atom. The number of rotatable bonds is 5. The first-order chi connectivity index (χ1) is 10.5. The number of ether oxygens (including phenoxy) is 1. The van der Waals surface area contributed by atoms with Gasteiger partial charge in [-0.1, -0.05) is 23.2 Å². The van der Waals surface area contributed by atoms with Crippen LogP contribution in [0.2, 0.25) is 10.0 Å². The summed E-state index contributed by atoms with van der Waals surface area (Å²) in [5.41, 5.74) is 0.724. The molecule has 0 fully saturated rings. The Morgan fingerprint density at radius 1 is 1.41 bits per heavy atom. The Hall–Kier alpha value is -1.99. The van der Waals surface area contributed by atoms with E-state index in [-0.39, 0.29) is 25.0 Å². The zero-order chi connectivity index (χ0) is 16.1. The predicted octanol–water partition coefficient (Wildman–Crippen LogP) is 3.19. The number of carbonyl (C=O) groups excluding carboxylic acids is 1. The van der Waals surface area contributed by atoms with Crippen molar-refractivity contribution in [3.05, 3.63) is 33.8 Å². The maximum Gasteiger partial charge on any atom is 0.322 e. The minimum atomic E-state index is -0.444. The summed E-state index contributed by atoms with van der Waals surface area (Å²) in [7, 11) is 0. The lowest BCUT2D eigenvalue weighted by molar-refractivity contribution is 0.246. The summed E-state index contributed by atoms with van der Waals surface area (Å²) in [5, 5.41) is 5.80. The maximum absolute atomic E-state index is 11.6. The molecule has 0 unspecified atom stereocenters. The van der Waals surface area contributed by atoms with Crippen molar-refractivity contribution in [2.75, 3.05) is 18.5 Å². The molecule has 2 heterocycles. The number of oxazole rings is 1. The number of urea groups is 1. The zero-order valence-electron chi connectivity index (χ0n) is 11.9. The van der Waals surface area contributed by atoms with Gasteiger partial charge < -0.3 is 14.5 Å². The Kier molecular flexibility index (Phi) is 5.46. The third-order valence-electron chi connectivity index (χ3n) is 2.65. The first-order valence-corrected chi connectivity index (χ1v) is 7.14. The third kappa shape index (κ3) is 4.51. The van der Waals surface area contributed by atoms with Crippen LogP contribution in [0, 0.1) is 13.8 Å². The molecule has 7 nitrogen and oxygen atoms in total. The van der Waals surface area contributed by atoms with Crippen molar-refractivity contribution < 1.29 is 13.9 Å². The number of hydrogen-bond donors (Lipinski definition) is 2. The van der Waals surface area contributed by atoms with Crippen molar-refractivity contribution >= 4 is 35.2 Å². The van der Waals surface area contributed by atoms with Gasteiger partial charge in [-0.3, -0.25) is 5.32 Å². The van der Waals surface area contributed by atoms with E-state index < -0.39 is 6.03 Å². The van der Waals surface area contributed by atoms with Crippen LogP contribution in [0.1, 0.15) is 11.5 Å². The van der Waals surface area contributed by atoms with Crippen molar-refractivity contribution in [3.8, 4) is 5.88 Å². The summed E-state index contributed by atoms with van der Waals surface area (Å²) < 4.78 is 10.6. The minimum Gasteiger partial charge on any atom is -0.475 e. The normalized spacial score (nSPS) is 10.4. The highest BCUT2D eigenvalue weighted by Gasteiger charge is 2.09. The monoisotopic (exact) mass is 344 g/mol. The average Bonchev–Trinajstić information content (AvgIpc) is 2.75. The lowest BCUT2D eigenvalue weighted by Gasteiger charge is -2.08. The van der Waals surface area contributed by atoms with E-state index in [0.717, 1.165) is 5.69 Å². The fourth-order valence-corrected chi connectivity index (χ4v) is 1.92. The number of pyridine rings is 1. The molecule has 0 bridgehead atoms. The van der Waals surface area contributed by atoms with Gasteiger partial charge in [0.05, 0.1) is 17.3 Å². The molecule has 0 radical (unpaired) electrons. The smallest absolute Gasteiger partial charge is 0.322 e. The van der Waals surface area contributed by atoms with Crippen molar-refractivity contribution in [3.63, 3.8) is 0 Å². The Balaban J connectivity index is 1.73. The van der Waals surface area contributed by atoms with Gasteiger partial charge in [0.15, 0.2) is 0 Å². The number of hydrogen-bond acceptors (Lipinski definition) is 5. The molecule has 2 N–H and O–H groups in total. The predicted molar refractivity (Wildman–Crippen MR) is 82.8 cm³/mol. The minimum absolute atomic E-state index is 0.149. The molecule has 2 aromatic rings. The number of nitrogens with one attached hydrogen (secondary N) is 2. The van der Waals surface area contributed by atoms with E-state index in [0.29, 0.717) is 15.8 Å². The van der Waals surface area contributed by atoms with E-state index in [1.165, 1.54) is 12.3 Å². The molecule has 0 aliphatic carbocycles. The van der Waals surface area contributed by atoms with Crippen molar-refractivity contribution in [2.24, 2.45) is 0 Å². The van der Waals surface area contributed by atoms with Crippen LogP contribution in [0.5, 0.6) is 5.88 Å². The van der Waals surface area contributed by atoms with Crippen molar-refractivity contribution in [1.82, 2.24) is 15.3 Å². The lowest BCUT2D eigenvalue weighted by atomic mass is 10.4. The van der Waals surface area contributed by atoms with Crippen molar-refractivity contribution in [2.45, 2.75) is 13.8 Å². The number of aromatic nitrogens is 2. The highest BCUT2D eigenvalue weighted by Crippen LogP contribution is 2.24. The van der Waals surface area contributed by atoms with Crippen LogP contribution in [0.4, 0.5) is 10.8 Å². The van der Waals surface area contributed by atoms with E-state index in [9.17, 15) is 4.79 Å². The Labute approximate surface area is 137 Å². The first-order valence-electron chi connectivity index (χ1n) is 6.38. The largest absolute Gasteiger partial charge is 0.475 e. The summed E-state index contributed by atoms with van der Waals surface area (Å²) in [6.07, 6.45) is 1.43. The van der Waals surface area contributed by atoms with Gasteiger partial charge in [0.1, 0.15) is 17.4 Å². The maximum atomic E-state index is 11.6. The standard InChI is InChI=1S/C13H14Cl2N4O3/c1-7-8(2)22-13(18-7)19-12(20)16-3-4-21-11-10(15)5-9(14)6-17-11/h5-6H,3-4H2,1-2H3,(H2,16,18,19,20). The molecule has 0 aromatic carbocycles. The molecule has 22 heavy (non-hydrogen) atoms.